The smallest absolute Gasteiger partial charge is 0.335 e. The van der Waals surface area contributed by atoms with E-state index in [4.69, 9.17) is 21.4 Å². The van der Waals surface area contributed by atoms with E-state index in [0.29, 0.717) is 16.7 Å². The number of nitrogens with zero attached hydrogens (tertiary/aromatic N) is 1. The van der Waals surface area contributed by atoms with Gasteiger partial charge in [-0.1, -0.05) is 11.6 Å². The second-order valence-electron chi connectivity index (χ2n) is 4.41. The Balaban J connectivity index is 1.96. The number of benzene rings is 2. The molecule has 1 heterocycles. The van der Waals surface area contributed by atoms with Crippen molar-refractivity contribution in [3.05, 3.63) is 65.3 Å². The van der Waals surface area contributed by atoms with Crippen molar-refractivity contribution in [1.29, 1.82) is 0 Å². The van der Waals surface area contributed by atoms with Gasteiger partial charge in [-0.15, -0.1) is 0 Å². The summed E-state index contributed by atoms with van der Waals surface area (Å²) in [6.45, 7) is 0. The number of aromatic carboxylic acids is 1. The molecule has 0 saturated heterocycles. The van der Waals surface area contributed by atoms with Crippen LogP contribution >= 0.6 is 11.6 Å². The summed E-state index contributed by atoms with van der Waals surface area (Å²) in [6.07, 6.45) is 1.64. The van der Waals surface area contributed by atoms with Gasteiger partial charge >= 0.3 is 5.97 Å². The molecule has 1 N–H and O–H groups in total. The van der Waals surface area contributed by atoms with Gasteiger partial charge in [0, 0.05) is 16.6 Å². The first kappa shape index (κ1) is 13.4. The lowest BCUT2D eigenvalue weighted by Crippen LogP contribution is -1.95. The van der Waals surface area contributed by atoms with Crippen molar-refractivity contribution in [1.82, 2.24) is 4.98 Å². The van der Waals surface area contributed by atoms with Crippen molar-refractivity contribution < 1.29 is 14.6 Å². The van der Waals surface area contributed by atoms with E-state index in [1.807, 2.05) is 18.2 Å². The Bertz CT molecular complexity index is 815. The van der Waals surface area contributed by atoms with E-state index >= 15 is 0 Å². The number of pyridine rings is 1. The minimum atomic E-state index is -0.973. The molecule has 0 atom stereocenters. The van der Waals surface area contributed by atoms with E-state index in [9.17, 15) is 4.79 Å². The molecule has 0 aliphatic rings. The number of halogens is 1. The van der Waals surface area contributed by atoms with Crippen LogP contribution in [0.5, 0.6) is 11.6 Å². The van der Waals surface area contributed by atoms with Gasteiger partial charge in [-0.2, -0.15) is 0 Å². The number of ether oxygens (including phenoxy) is 1. The van der Waals surface area contributed by atoms with Crippen LogP contribution in [-0.2, 0) is 0 Å². The van der Waals surface area contributed by atoms with Crippen LogP contribution in [0.4, 0.5) is 0 Å². The molecule has 5 heteroatoms. The zero-order valence-corrected chi connectivity index (χ0v) is 11.5. The number of fused-ring (bicyclic) bond motifs is 1. The van der Waals surface area contributed by atoms with Crippen LogP contribution in [-0.4, -0.2) is 16.1 Å². The van der Waals surface area contributed by atoms with E-state index in [1.165, 1.54) is 12.1 Å². The molecule has 0 unspecified atom stereocenters. The molecule has 0 aliphatic heterocycles. The molecule has 21 heavy (non-hydrogen) atoms. The lowest BCUT2D eigenvalue weighted by atomic mass is 10.2. The first-order valence-electron chi connectivity index (χ1n) is 6.19. The summed E-state index contributed by atoms with van der Waals surface area (Å²) in [5, 5.41) is 11.3. The van der Waals surface area contributed by atoms with Crippen LogP contribution in [0.15, 0.2) is 54.7 Å². The van der Waals surface area contributed by atoms with Gasteiger partial charge in [0.05, 0.1) is 5.56 Å². The third-order valence-corrected chi connectivity index (χ3v) is 3.24. The fraction of sp³-hybridized carbons (Fsp3) is 0. The highest BCUT2D eigenvalue weighted by molar-refractivity contribution is 6.31. The molecule has 0 spiro atoms. The Labute approximate surface area is 125 Å². The average Bonchev–Trinajstić information content (AvgIpc) is 2.47. The van der Waals surface area contributed by atoms with Crippen molar-refractivity contribution in [2.45, 2.75) is 0 Å². The molecule has 0 saturated carbocycles. The Morgan fingerprint density at radius 3 is 2.57 bits per heavy atom. The van der Waals surface area contributed by atoms with E-state index in [0.717, 1.165) is 10.8 Å². The van der Waals surface area contributed by atoms with Gasteiger partial charge in [0.2, 0.25) is 5.88 Å². The van der Waals surface area contributed by atoms with Crippen molar-refractivity contribution >= 4 is 28.3 Å². The van der Waals surface area contributed by atoms with E-state index < -0.39 is 5.97 Å². The third kappa shape index (κ3) is 2.80. The lowest BCUT2D eigenvalue weighted by Gasteiger charge is -2.08. The predicted molar refractivity (Wildman–Crippen MR) is 80.2 cm³/mol. The normalized spacial score (nSPS) is 10.5. The van der Waals surface area contributed by atoms with Gasteiger partial charge < -0.3 is 9.84 Å². The standard InChI is InChI=1S/C16H10ClNO3/c17-12-3-6-14-11(9-12)7-8-18-15(14)21-13-4-1-10(2-5-13)16(19)20/h1-9H,(H,19,20). The summed E-state index contributed by atoms with van der Waals surface area (Å²) in [5.41, 5.74) is 0.208. The number of aromatic nitrogens is 1. The molecule has 2 aromatic carbocycles. The van der Waals surface area contributed by atoms with E-state index in [1.54, 1.807) is 24.4 Å². The summed E-state index contributed by atoms with van der Waals surface area (Å²) in [5.74, 6) is 0.00155. The number of rotatable bonds is 3. The van der Waals surface area contributed by atoms with Gasteiger partial charge in [-0.05, 0) is 53.9 Å². The molecule has 104 valence electrons. The van der Waals surface area contributed by atoms with Crippen molar-refractivity contribution in [2.24, 2.45) is 0 Å². The van der Waals surface area contributed by atoms with Crippen LogP contribution in [0.2, 0.25) is 5.02 Å². The summed E-state index contributed by atoms with van der Waals surface area (Å²) < 4.78 is 5.72. The quantitative estimate of drug-likeness (QED) is 0.779. The number of carboxylic acids is 1. The van der Waals surface area contributed by atoms with Crippen LogP contribution in [0.1, 0.15) is 10.4 Å². The first-order valence-corrected chi connectivity index (χ1v) is 6.57. The Kier molecular flexibility index (Phi) is 3.46. The third-order valence-electron chi connectivity index (χ3n) is 3.01. The summed E-state index contributed by atoms with van der Waals surface area (Å²) >= 11 is 5.96. The Hall–Kier alpha value is -2.59. The fourth-order valence-electron chi connectivity index (χ4n) is 1.98. The van der Waals surface area contributed by atoms with E-state index in [2.05, 4.69) is 4.98 Å². The molecular formula is C16H10ClNO3. The van der Waals surface area contributed by atoms with Crippen LogP contribution in [0.25, 0.3) is 10.8 Å². The largest absolute Gasteiger partial charge is 0.478 e. The van der Waals surface area contributed by atoms with Crippen LogP contribution in [0, 0.1) is 0 Å². The highest BCUT2D eigenvalue weighted by atomic mass is 35.5. The SMILES string of the molecule is O=C(O)c1ccc(Oc2nccc3cc(Cl)ccc23)cc1. The van der Waals surface area contributed by atoms with Gasteiger partial charge in [0.25, 0.3) is 0 Å². The Morgan fingerprint density at radius 2 is 1.86 bits per heavy atom. The molecule has 1 aromatic heterocycles. The first-order chi connectivity index (χ1) is 10.1. The summed E-state index contributed by atoms with van der Waals surface area (Å²) in [6, 6.07) is 13.5. The zero-order chi connectivity index (χ0) is 14.8. The second-order valence-corrected chi connectivity index (χ2v) is 4.85. The predicted octanol–water partition coefficient (Wildman–Crippen LogP) is 4.38. The molecule has 0 bridgehead atoms. The number of hydrogen-bond acceptors (Lipinski definition) is 3. The van der Waals surface area contributed by atoms with Crippen molar-refractivity contribution in [3.8, 4) is 11.6 Å². The average molecular weight is 300 g/mol. The minimum Gasteiger partial charge on any atom is -0.478 e. The summed E-state index contributed by atoms with van der Waals surface area (Å²) in [7, 11) is 0. The molecule has 3 rings (SSSR count). The van der Waals surface area contributed by atoms with Crippen molar-refractivity contribution in [2.75, 3.05) is 0 Å². The highest BCUT2D eigenvalue weighted by Crippen LogP contribution is 2.29. The Morgan fingerprint density at radius 1 is 1.10 bits per heavy atom. The highest BCUT2D eigenvalue weighted by Gasteiger charge is 2.07. The molecule has 0 fully saturated rings. The monoisotopic (exact) mass is 299 g/mol. The van der Waals surface area contributed by atoms with Gasteiger partial charge in [0.15, 0.2) is 0 Å². The molecule has 0 aliphatic carbocycles. The molecule has 0 amide bonds. The van der Waals surface area contributed by atoms with Crippen LogP contribution in [0.3, 0.4) is 0 Å². The van der Waals surface area contributed by atoms with Crippen LogP contribution < -0.4 is 4.74 Å². The second kappa shape index (κ2) is 5.42. The minimum absolute atomic E-state index is 0.208. The van der Waals surface area contributed by atoms with Gasteiger partial charge in [-0.25, -0.2) is 9.78 Å². The van der Waals surface area contributed by atoms with Gasteiger partial charge in [0.1, 0.15) is 5.75 Å². The maximum atomic E-state index is 10.8. The maximum absolute atomic E-state index is 10.8. The fourth-order valence-corrected chi connectivity index (χ4v) is 2.16. The zero-order valence-electron chi connectivity index (χ0n) is 10.8. The number of carbonyl (C=O) groups is 1. The number of carboxylic acid groups (broad SMARTS) is 1. The molecular weight excluding hydrogens is 290 g/mol. The molecule has 0 radical (unpaired) electrons. The van der Waals surface area contributed by atoms with Gasteiger partial charge in [-0.3, -0.25) is 0 Å². The lowest BCUT2D eigenvalue weighted by molar-refractivity contribution is 0.0697. The number of hydrogen-bond donors (Lipinski definition) is 1. The summed E-state index contributed by atoms with van der Waals surface area (Å²) in [4.78, 5) is 15.0. The molecule has 4 nitrogen and oxygen atoms in total. The topological polar surface area (TPSA) is 59.4 Å². The molecule has 3 aromatic rings. The van der Waals surface area contributed by atoms with E-state index in [-0.39, 0.29) is 5.56 Å². The van der Waals surface area contributed by atoms with Crippen molar-refractivity contribution in [3.63, 3.8) is 0 Å². The maximum Gasteiger partial charge on any atom is 0.335 e.